The molecule has 0 aliphatic heterocycles. The number of methoxy groups -OCH3 is 1. The largest absolute Gasteiger partial charge is 0.473 e. The molecule has 0 spiro atoms. The van der Waals surface area contributed by atoms with Crippen LogP contribution in [0, 0.1) is 0 Å². The topological polar surface area (TPSA) is 191 Å². The maximum Gasteiger partial charge on any atom is 0.305 e. The fraction of sp³-hybridized carbons (Fsp3) is 0.379. The highest BCUT2D eigenvalue weighted by molar-refractivity contribution is 7.90. The summed E-state index contributed by atoms with van der Waals surface area (Å²) in [6, 6.07) is 13.1. The van der Waals surface area contributed by atoms with Crippen LogP contribution in [0.25, 0.3) is 0 Å². The van der Waals surface area contributed by atoms with E-state index < -0.39 is 27.2 Å². The van der Waals surface area contributed by atoms with Gasteiger partial charge in [-0.3, -0.25) is 20.0 Å². The van der Waals surface area contributed by atoms with Crippen molar-refractivity contribution in [3.05, 3.63) is 84.1 Å². The van der Waals surface area contributed by atoms with Crippen LogP contribution in [0.5, 0.6) is 5.75 Å². The molecule has 15 heteroatoms. The number of hydrogen-bond acceptors (Lipinski definition) is 12. The summed E-state index contributed by atoms with van der Waals surface area (Å²) in [7, 11) is -2.73. The smallest absolute Gasteiger partial charge is 0.305 e. The predicted octanol–water partition coefficient (Wildman–Crippen LogP) is 3.51. The number of ether oxygens (including phenoxy) is 4. The SMILES string of the molecule is C=CNC(OCCOC(=O)CCCON(O)O)=C(Oc1cccc(COC)c1)C(N)=NS(=O)(=O)c1ccc(C(C)(C)C)cc1. The van der Waals surface area contributed by atoms with Crippen molar-refractivity contribution in [2.75, 3.05) is 26.9 Å². The lowest BCUT2D eigenvalue weighted by molar-refractivity contribution is -0.492. The fourth-order valence-corrected chi connectivity index (χ4v) is 4.48. The normalized spacial score (nSPS) is 12.8. The van der Waals surface area contributed by atoms with E-state index in [1.165, 1.54) is 18.3 Å². The summed E-state index contributed by atoms with van der Waals surface area (Å²) in [5.41, 5.74) is 7.76. The lowest BCUT2D eigenvalue weighted by Crippen LogP contribution is -2.27. The van der Waals surface area contributed by atoms with E-state index in [1.807, 2.05) is 26.8 Å². The average Bonchev–Trinajstić information content (AvgIpc) is 2.95. The van der Waals surface area contributed by atoms with Crippen LogP contribution >= 0.6 is 0 Å². The molecule has 0 aromatic heterocycles. The van der Waals surface area contributed by atoms with Crippen molar-refractivity contribution >= 4 is 21.8 Å². The maximum atomic E-state index is 13.2. The van der Waals surface area contributed by atoms with E-state index in [-0.39, 0.29) is 60.4 Å². The fourth-order valence-electron chi connectivity index (χ4n) is 3.55. The molecule has 14 nitrogen and oxygen atoms in total. The summed E-state index contributed by atoms with van der Waals surface area (Å²) in [5.74, 6) is -1.24. The second-order valence-corrected chi connectivity index (χ2v) is 11.8. The summed E-state index contributed by atoms with van der Waals surface area (Å²) in [4.78, 5) is 16.2. The molecular weight excluding hydrogens is 596 g/mol. The second kappa shape index (κ2) is 17.3. The standard InChI is InChI=1S/C29H40N4O10S/c1-6-31-28(41-18-17-40-25(34)11-8-16-42-33(35)36)26(43-23-10-7-9-21(19-23)20-39-5)27(30)32-44(37,38)24-14-12-22(13-15-24)29(2,3)4/h6-7,9-10,12-15,19,31,35-36H,1,8,11,16-18,20H2,2-5H3,(H2,30,32). The van der Waals surface area contributed by atoms with Crippen LogP contribution in [0.1, 0.15) is 44.7 Å². The Hall–Kier alpha value is -3.99. The molecule has 2 aromatic rings. The maximum absolute atomic E-state index is 13.2. The number of hydrogen-bond donors (Lipinski definition) is 4. The van der Waals surface area contributed by atoms with Crippen molar-refractivity contribution in [3.63, 3.8) is 0 Å². The minimum absolute atomic E-state index is 0.0538. The first-order valence-corrected chi connectivity index (χ1v) is 14.9. The highest BCUT2D eigenvalue weighted by Crippen LogP contribution is 2.25. The molecule has 0 unspecified atom stereocenters. The molecule has 0 aliphatic rings. The zero-order valence-electron chi connectivity index (χ0n) is 25.2. The van der Waals surface area contributed by atoms with Crippen LogP contribution in [-0.4, -0.2) is 63.0 Å². The predicted molar refractivity (Wildman–Crippen MR) is 160 cm³/mol. The summed E-state index contributed by atoms with van der Waals surface area (Å²) >= 11 is 0. The van der Waals surface area contributed by atoms with E-state index in [0.29, 0.717) is 6.61 Å². The quantitative estimate of drug-likeness (QED) is 0.0465. The van der Waals surface area contributed by atoms with Crippen molar-refractivity contribution in [1.82, 2.24) is 10.7 Å². The molecule has 0 saturated carbocycles. The highest BCUT2D eigenvalue weighted by Gasteiger charge is 2.22. The third-order valence-electron chi connectivity index (χ3n) is 5.66. The van der Waals surface area contributed by atoms with Crippen LogP contribution in [0.4, 0.5) is 0 Å². The van der Waals surface area contributed by atoms with Gasteiger partial charge in [-0.15, -0.1) is 4.40 Å². The molecular formula is C29H40N4O10S. The molecule has 5 N–H and O–H groups in total. The number of nitrogens with two attached hydrogens (primary N) is 1. The minimum Gasteiger partial charge on any atom is -0.473 e. The number of carbonyl (C=O) groups excluding carboxylic acids is 1. The lowest BCUT2D eigenvalue weighted by Gasteiger charge is -2.19. The Morgan fingerprint density at radius 3 is 2.39 bits per heavy atom. The number of rotatable bonds is 18. The molecule has 2 rings (SSSR count). The van der Waals surface area contributed by atoms with E-state index in [1.54, 1.807) is 37.4 Å². The van der Waals surface area contributed by atoms with Crippen molar-refractivity contribution in [1.29, 1.82) is 0 Å². The van der Waals surface area contributed by atoms with Crippen LogP contribution in [0.15, 0.2) is 82.2 Å². The van der Waals surface area contributed by atoms with Crippen LogP contribution in [0.3, 0.4) is 0 Å². The van der Waals surface area contributed by atoms with E-state index in [2.05, 4.69) is 21.1 Å². The molecule has 0 aliphatic carbocycles. The van der Waals surface area contributed by atoms with Gasteiger partial charge in [0.05, 0.1) is 23.5 Å². The Morgan fingerprint density at radius 2 is 1.77 bits per heavy atom. The van der Waals surface area contributed by atoms with Gasteiger partial charge in [-0.25, -0.2) is 0 Å². The second-order valence-electron chi connectivity index (χ2n) is 10.2. The Balaban J connectivity index is 2.35. The van der Waals surface area contributed by atoms with Gasteiger partial charge >= 0.3 is 5.97 Å². The summed E-state index contributed by atoms with van der Waals surface area (Å²) in [5, 5.41) is 19.3. The Bertz CT molecular complexity index is 1400. The Morgan fingerprint density at radius 1 is 1.09 bits per heavy atom. The van der Waals surface area contributed by atoms with Crippen LogP contribution < -0.4 is 15.8 Å². The first kappa shape index (κ1) is 36.2. The van der Waals surface area contributed by atoms with Crippen LogP contribution in [0.2, 0.25) is 0 Å². The zero-order chi connectivity index (χ0) is 32.8. The Kier molecular flexibility index (Phi) is 14.3. The van der Waals surface area contributed by atoms with Gasteiger partial charge in [-0.1, -0.05) is 51.6 Å². The Labute approximate surface area is 257 Å². The highest BCUT2D eigenvalue weighted by atomic mass is 32.2. The number of amidine groups is 1. The molecule has 0 atom stereocenters. The molecule has 0 amide bonds. The molecule has 0 heterocycles. The van der Waals surface area contributed by atoms with Crippen molar-refractivity contribution < 1.29 is 47.4 Å². The monoisotopic (exact) mass is 636 g/mol. The van der Waals surface area contributed by atoms with Crippen molar-refractivity contribution in [2.45, 2.75) is 50.5 Å². The first-order valence-electron chi connectivity index (χ1n) is 13.4. The molecule has 0 saturated heterocycles. The third-order valence-corrected chi connectivity index (χ3v) is 6.97. The van der Waals surface area contributed by atoms with E-state index in [4.69, 9.17) is 35.1 Å². The van der Waals surface area contributed by atoms with Gasteiger partial charge in [0, 0.05) is 13.5 Å². The van der Waals surface area contributed by atoms with Crippen LogP contribution in [-0.2, 0) is 45.9 Å². The van der Waals surface area contributed by atoms with E-state index in [9.17, 15) is 13.2 Å². The molecule has 0 bridgehead atoms. The van der Waals surface area contributed by atoms with Gasteiger partial charge < -0.3 is 30.0 Å². The van der Waals surface area contributed by atoms with Gasteiger partial charge in [0.2, 0.25) is 11.6 Å². The number of nitrogens with zero attached hydrogens (tertiary/aromatic N) is 2. The number of esters is 1. The summed E-state index contributed by atoms with van der Waals surface area (Å²) < 4.78 is 52.2. The zero-order valence-corrected chi connectivity index (χ0v) is 26.0. The van der Waals surface area contributed by atoms with Gasteiger partial charge in [0.15, 0.2) is 5.84 Å². The van der Waals surface area contributed by atoms with Gasteiger partial charge in [-0.05, 0) is 53.4 Å². The van der Waals surface area contributed by atoms with Gasteiger partial charge in [-0.2, -0.15) is 8.42 Å². The van der Waals surface area contributed by atoms with Gasteiger partial charge in [0.1, 0.15) is 19.0 Å². The first-order chi connectivity index (χ1) is 20.8. The van der Waals surface area contributed by atoms with Gasteiger partial charge in [0.25, 0.3) is 10.0 Å². The molecule has 0 radical (unpaired) electrons. The summed E-state index contributed by atoms with van der Waals surface area (Å²) in [6.45, 7) is 9.44. The molecule has 242 valence electrons. The minimum atomic E-state index is -4.27. The molecule has 44 heavy (non-hydrogen) atoms. The summed E-state index contributed by atoms with van der Waals surface area (Å²) in [6.07, 6.45) is 1.37. The van der Waals surface area contributed by atoms with E-state index >= 15 is 0 Å². The number of sulfonamides is 1. The van der Waals surface area contributed by atoms with Crippen molar-refractivity contribution in [3.8, 4) is 5.75 Å². The van der Waals surface area contributed by atoms with E-state index in [0.717, 1.165) is 11.1 Å². The molecule has 0 fully saturated rings. The average molecular weight is 637 g/mol. The molecule has 2 aromatic carbocycles. The third kappa shape index (κ3) is 12.3. The number of carbonyl (C=O) groups is 1. The number of nitrogens with one attached hydrogen (secondary N) is 1. The lowest BCUT2D eigenvalue weighted by atomic mass is 9.87. The number of benzene rings is 2. The van der Waals surface area contributed by atoms with Crippen molar-refractivity contribution in [2.24, 2.45) is 10.1 Å².